The minimum Gasteiger partial charge on any atom is -0.475 e. The SMILES string of the molecule is CNC(=O)[C@H]1C[C@@H]2CN(Cc3ccc(F)cc3)C[C@H]1O2.O=C(O)C(F)(F)F. The second-order valence-electron chi connectivity index (χ2n) is 6.38. The molecule has 2 aliphatic heterocycles. The van der Waals surface area contributed by atoms with E-state index in [9.17, 15) is 22.4 Å². The van der Waals surface area contributed by atoms with E-state index < -0.39 is 12.1 Å². The zero-order valence-corrected chi connectivity index (χ0v) is 14.5. The monoisotopic (exact) mass is 392 g/mol. The maximum atomic E-state index is 12.9. The van der Waals surface area contributed by atoms with Crippen LogP contribution in [0.1, 0.15) is 12.0 Å². The van der Waals surface area contributed by atoms with Crippen molar-refractivity contribution in [2.75, 3.05) is 20.1 Å². The highest BCUT2D eigenvalue weighted by Gasteiger charge is 2.44. The van der Waals surface area contributed by atoms with E-state index in [1.165, 1.54) is 12.1 Å². The second-order valence-corrected chi connectivity index (χ2v) is 6.38. The molecule has 2 N–H and O–H groups in total. The Labute approximate surface area is 153 Å². The number of hydrogen-bond donors (Lipinski definition) is 2. The van der Waals surface area contributed by atoms with Crippen molar-refractivity contribution in [3.05, 3.63) is 35.6 Å². The molecule has 27 heavy (non-hydrogen) atoms. The van der Waals surface area contributed by atoms with Crippen LogP contribution in [0, 0.1) is 11.7 Å². The maximum absolute atomic E-state index is 12.9. The average Bonchev–Trinajstić information content (AvgIpc) is 2.90. The van der Waals surface area contributed by atoms with Crippen molar-refractivity contribution in [2.24, 2.45) is 5.92 Å². The summed E-state index contributed by atoms with van der Waals surface area (Å²) in [6.45, 7) is 2.37. The number of ether oxygens (including phenoxy) is 1. The largest absolute Gasteiger partial charge is 0.490 e. The molecule has 3 rings (SSSR count). The molecule has 10 heteroatoms. The van der Waals surface area contributed by atoms with Crippen LogP contribution in [0.15, 0.2) is 24.3 Å². The first-order valence-electron chi connectivity index (χ1n) is 8.24. The third-order valence-corrected chi connectivity index (χ3v) is 4.38. The lowest BCUT2D eigenvalue weighted by atomic mass is 10.00. The molecule has 0 spiro atoms. The Balaban J connectivity index is 0.000000321. The summed E-state index contributed by atoms with van der Waals surface area (Å²) in [6.07, 6.45) is -4.17. The molecule has 2 aliphatic rings. The normalized spacial score (nSPS) is 24.7. The van der Waals surface area contributed by atoms with Gasteiger partial charge in [-0.1, -0.05) is 12.1 Å². The van der Waals surface area contributed by atoms with Gasteiger partial charge in [0.15, 0.2) is 0 Å². The van der Waals surface area contributed by atoms with Gasteiger partial charge < -0.3 is 15.2 Å². The minimum absolute atomic E-state index is 0.0193. The molecule has 2 heterocycles. The Morgan fingerprint density at radius 1 is 1.26 bits per heavy atom. The summed E-state index contributed by atoms with van der Waals surface area (Å²) in [5.74, 6) is -2.94. The molecule has 1 aromatic carbocycles. The van der Waals surface area contributed by atoms with Crippen molar-refractivity contribution in [3.63, 3.8) is 0 Å². The van der Waals surface area contributed by atoms with Gasteiger partial charge in [0.25, 0.3) is 0 Å². The number of morpholine rings is 1. The van der Waals surface area contributed by atoms with Crippen LogP contribution in [0.5, 0.6) is 0 Å². The van der Waals surface area contributed by atoms with Gasteiger partial charge in [-0.25, -0.2) is 9.18 Å². The molecule has 0 unspecified atom stereocenters. The maximum Gasteiger partial charge on any atom is 0.490 e. The number of hydrogen-bond acceptors (Lipinski definition) is 4. The van der Waals surface area contributed by atoms with Gasteiger partial charge in [-0.2, -0.15) is 13.2 Å². The number of rotatable bonds is 3. The molecule has 2 fully saturated rings. The first-order valence-corrected chi connectivity index (χ1v) is 8.24. The third kappa shape index (κ3) is 5.90. The molecule has 2 saturated heterocycles. The van der Waals surface area contributed by atoms with Crippen molar-refractivity contribution in [1.29, 1.82) is 0 Å². The number of nitrogens with one attached hydrogen (secondary N) is 1. The highest BCUT2D eigenvalue weighted by atomic mass is 19.4. The first kappa shape index (κ1) is 21.1. The zero-order valence-electron chi connectivity index (χ0n) is 14.5. The number of carboxylic acid groups (broad SMARTS) is 1. The molecule has 3 atom stereocenters. The van der Waals surface area contributed by atoms with Gasteiger partial charge in [0, 0.05) is 26.7 Å². The topological polar surface area (TPSA) is 78.9 Å². The van der Waals surface area contributed by atoms with E-state index in [1.54, 1.807) is 7.05 Å². The summed E-state index contributed by atoms with van der Waals surface area (Å²) in [6, 6.07) is 6.58. The Kier molecular flexibility index (Phi) is 6.77. The number of aliphatic carboxylic acids is 1. The van der Waals surface area contributed by atoms with E-state index in [1.807, 2.05) is 12.1 Å². The number of nitrogens with zero attached hydrogens (tertiary/aromatic N) is 1. The predicted octanol–water partition coefficient (Wildman–Crippen LogP) is 1.79. The lowest BCUT2D eigenvalue weighted by molar-refractivity contribution is -0.192. The van der Waals surface area contributed by atoms with E-state index in [0.717, 1.165) is 31.6 Å². The number of carbonyl (C=O) groups is 2. The third-order valence-electron chi connectivity index (χ3n) is 4.38. The molecule has 6 nitrogen and oxygen atoms in total. The summed E-state index contributed by atoms with van der Waals surface area (Å²) < 4.78 is 50.5. The van der Waals surface area contributed by atoms with Crippen LogP contribution in [0.25, 0.3) is 0 Å². The molecule has 150 valence electrons. The Morgan fingerprint density at radius 3 is 2.37 bits per heavy atom. The summed E-state index contributed by atoms with van der Waals surface area (Å²) in [4.78, 5) is 23.0. The van der Waals surface area contributed by atoms with Gasteiger partial charge >= 0.3 is 12.1 Å². The molecule has 0 radical (unpaired) electrons. The fraction of sp³-hybridized carbons (Fsp3) is 0.529. The van der Waals surface area contributed by atoms with Crippen molar-refractivity contribution in [3.8, 4) is 0 Å². The van der Waals surface area contributed by atoms with Crippen molar-refractivity contribution in [1.82, 2.24) is 10.2 Å². The van der Waals surface area contributed by atoms with Crippen LogP contribution >= 0.6 is 0 Å². The van der Waals surface area contributed by atoms with E-state index in [-0.39, 0.29) is 29.9 Å². The Bertz CT molecular complexity index is 666. The lowest BCUT2D eigenvalue weighted by Crippen LogP contribution is -2.44. The van der Waals surface area contributed by atoms with Crippen LogP contribution in [-0.4, -0.2) is 60.4 Å². The summed E-state index contributed by atoms with van der Waals surface area (Å²) >= 11 is 0. The fourth-order valence-corrected chi connectivity index (χ4v) is 3.18. The Hall–Kier alpha value is -2.20. The molecule has 0 aromatic heterocycles. The molecular weight excluding hydrogens is 372 g/mol. The van der Waals surface area contributed by atoms with Crippen molar-refractivity contribution < 1.29 is 37.0 Å². The van der Waals surface area contributed by atoms with Gasteiger partial charge in [0.2, 0.25) is 5.91 Å². The lowest BCUT2D eigenvalue weighted by Gasteiger charge is -2.32. The predicted molar refractivity (Wildman–Crippen MR) is 86.2 cm³/mol. The molecule has 0 aliphatic carbocycles. The number of halogens is 4. The number of likely N-dealkylation sites (tertiary alicyclic amines) is 1. The van der Waals surface area contributed by atoms with E-state index >= 15 is 0 Å². The standard InChI is InChI=1S/C15H19FN2O2.C2HF3O2/c1-17-15(19)13-6-12-8-18(9-14(13)20-12)7-10-2-4-11(16)5-3-10;3-2(4,5)1(6)7/h2-5,12-14H,6-9H2,1H3,(H,17,19);(H,6,7)/t12-,13+,14-;/m1./s1. The first-order chi connectivity index (χ1) is 12.6. The van der Waals surface area contributed by atoms with Gasteiger partial charge in [-0.15, -0.1) is 0 Å². The molecule has 2 bridgehead atoms. The van der Waals surface area contributed by atoms with Crippen molar-refractivity contribution >= 4 is 11.9 Å². The second kappa shape index (κ2) is 8.66. The van der Waals surface area contributed by atoms with Gasteiger partial charge in [-0.05, 0) is 24.1 Å². The molecular formula is C17H20F4N2O4. The highest BCUT2D eigenvalue weighted by Crippen LogP contribution is 2.32. The van der Waals surface area contributed by atoms with Gasteiger partial charge in [0.05, 0.1) is 18.1 Å². The van der Waals surface area contributed by atoms with Crippen LogP contribution in [0.2, 0.25) is 0 Å². The van der Waals surface area contributed by atoms with Gasteiger partial charge in [0.1, 0.15) is 5.82 Å². The smallest absolute Gasteiger partial charge is 0.475 e. The number of carbonyl (C=O) groups excluding carboxylic acids is 1. The summed E-state index contributed by atoms with van der Waals surface area (Å²) in [5, 5.41) is 9.84. The fourth-order valence-electron chi connectivity index (χ4n) is 3.18. The van der Waals surface area contributed by atoms with Crippen LogP contribution in [-0.2, 0) is 20.9 Å². The average molecular weight is 392 g/mol. The summed E-state index contributed by atoms with van der Waals surface area (Å²) in [5.41, 5.74) is 1.09. The van der Waals surface area contributed by atoms with E-state index in [0.29, 0.717) is 0 Å². The molecule has 0 saturated carbocycles. The quantitative estimate of drug-likeness (QED) is 0.767. The van der Waals surface area contributed by atoms with Crippen LogP contribution in [0.3, 0.4) is 0 Å². The van der Waals surface area contributed by atoms with Gasteiger partial charge in [-0.3, -0.25) is 9.69 Å². The van der Waals surface area contributed by atoms with Crippen molar-refractivity contribution in [2.45, 2.75) is 31.3 Å². The molecule has 1 amide bonds. The zero-order chi connectivity index (χ0) is 20.2. The van der Waals surface area contributed by atoms with Crippen LogP contribution < -0.4 is 5.32 Å². The summed E-state index contributed by atoms with van der Waals surface area (Å²) in [7, 11) is 1.67. The van der Waals surface area contributed by atoms with E-state index in [2.05, 4.69) is 10.2 Å². The number of benzene rings is 1. The highest BCUT2D eigenvalue weighted by molar-refractivity contribution is 5.79. The number of fused-ring (bicyclic) bond motifs is 2. The van der Waals surface area contributed by atoms with Crippen LogP contribution in [0.4, 0.5) is 17.6 Å². The number of amides is 1. The number of alkyl halides is 3. The Morgan fingerprint density at radius 2 is 1.85 bits per heavy atom. The minimum atomic E-state index is -5.08. The van der Waals surface area contributed by atoms with E-state index in [4.69, 9.17) is 14.6 Å². The molecule has 1 aromatic rings. The number of carboxylic acids is 1.